The van der Waals surface area contributed by atoms with Crippen LogP contribution in [0.4, 0.5) is 0 Å². The summed E-state index contributed by atoms with van der Waals surface area (Å²) in [6.45, 7) is 1.89. The van der Waals surface area contributed by atoms with Crippen LogP contribution in [0.5, 0.6) is 17.4 Å². The number of rotatable bonds is 4. The number of hydrogen-bond donors (Lipinski definition) is 1. The molecule has 146 valence electrons. The highest BCUT2D eigenvalue weighted by molar-refractivity contribution is 5.59. The molecule has 2 N–H and O–H groups in total. The molecule has 29 heavy (non-hydrogen) atoms. The lowest BCUT2D eigenvalue weighted by Gasteiger charge is -2.25. The molecule has 7 nitrogen and oxygen atoms in total. The predicted octanol–water partition coefficient (Wildman–Crippen LogP) is 3.42. The van der Waals surface area contributed by atoms with Crippen molar-refractivity contribution in [3.63, 3.8) is 0 Å². The smallest absolute Gasteiger partial charge is 0.229 e. The highest BCUT2D eigenvalue weighted by Gasteiger charge is 2.36. The summed E-state index contributed by atoms with van der Waals surface area (Å²) >= 11 is 0. The van der Waals surface area contributed by atoms with Gasteiger partial charge in [0, 0.05) is 0 Å². The second-order valence-electron chi connectivity index (χ2n) is 6.59. The molecule has 3 aromatic rings. The Bertz CT molecular complexity index is 1140. The lowest BCUT2D eigenvalue weighted by atomic mass is 9.84. The van der Waals surface area contributed by atoms with Gasteiger partial charge in [0.1, 0.15) is 11.6 Å². The van der Waals surface area contributed by atoms with Crippen molar-refractivity contribution in [2.45, 2.75) is 12.8 Å². The summed E-state index contributed by atoms with van der Waals surface area (Å²) in [7, 11) is 3.15. The van der Waals surface area contributed by atoms with E-state index in [1.807, 2.05) is 55.5 Å². The van der Waals surface area contributed by atoms with E-state index >= 15 is 0 Å². The van der Waals surface area contributed by atoms with Crippen LogP contribution in [0.15, 0.2) is 60.0 Å². The molecule has 1 aliphatic rings. The van der Waals surface area contributed by atoms with Crippen LogP contribution in [0, 0.1) is 18.3 Å². The summed E-state index contributed by atoms with van der Waals surface area (Å²) in [4.78, 5) is 0. The van der Waals surface area contributed by atoms with Crippen LogP contribution in [0.3, 0.4) is 0 Å². The molecule has 0 amide bonds. The Morgan fingerprint density at radius 2 is 1.83 bits per heavy atom. The van der Waals surface area contributed by atoms with E-state index in [1.54, 1.807) is 18.9 Å². The van der Waals surface area contributed by atoms with Crippen LogP contribution >= 0.6 is 0 Å². The fourth-order valence-corrected chi connectivity index (χ4v) is 3.62. The zero-order valence-electron chi connectivity index (χ0n) is 16.3. The van der Waals surface area contributed by atoms with Crippen molar-refractivity contribution in [1.29, 1.82) is 5.26 Å². The molecule has 4 rings (SSSR count). The van der Waals surface area contributed by atoms with Crippen molar-refractivity contribution in [2.24, 2.45) is 5.73 Å². The van der Waals surface area contributed by atoms with E-state index in [4.69, 9.17) is 19.9 Å². The lowest BCUT2D eigenvalue weighted by molar-refractivity contribution is 0.353. The van der Waals surface area contributed by atoms with E-state index < -0.39 is 5.92 Å². The van der Waals surface area contributed by atoms with E-state index in [-0.39, 0.29) is 5.88 Å². The lowest BCUT2D eigenvalue weighted by Crippen LogP contribution is -2.22. The Hall–Kier alpha value is -3.92. The molecular weight excluding hydrogens is 368 g/mol. The van der Waals surface area contributed by atoms with Crippen LogP contribution < -0.4 is 19.9 Å². The van der Waals surface area contributed by atoms with Crippen molar-refractivity contribution in [3.05, 3.63) is 76.8 Å². The minimum Gasteiger partial charge on any atom is -0.493 e. The number of aromatic nitrogens is 2. The molecule has 2 aromatic carbocycles. The number of ether oxygens (including phenoxy) is 3. The van der Waals surface area contributed by atoms with Crippen LogP contribution in [-0.4, -0.2) is 24.0 Å². The molecule has 0 bridgehead atoms. The molecule has 0 fully saturated rings. The van der Waals surface area contributed by atoms with Gasteiger partial charge < -0.3 is 19.9 Å². The third-order valence-electron chi connectivity index (χ3n) is 4.97. The van der Waals surface area contributed by atoms with Gasteiger partial charge in [-0.05, 0) is 36.8 Å². The van der Waals surface area contributed by atoms with Gasteiger partial charge in [0.2, 0.25) is 11.8 Å². The summed E-state index contributed by atoms with van der Waals surface area (Å²) in [6.07, 6.45) is 0. The summed E-state index contributed by atoms with van der Waals surface area (Å²) in [5.74, 6) is 1.32. The fraction of sp³-hybridized carbons (Fsp3) is 0.182. The highest BCUT2D eigenvalue weighted by atomic mass is 16.5. The Kier molecular flexibility index (Phi) is 4.61. The molecule has 1 atom stereocenters. The molecule has 0 unspecified atom stereocenters. The number of nitrogens with two attached hydrogens (primary N) is 1. The van der Waals surface area contributed by atoms with Gasteiger partial charge in [-0.15, -0.1) is 0 Å². The second kappa shape index (κ2) is 7.24. The Labute approximate surface area is 168 Å². The molecule has 1 aromatic heterocycles. The molecular formula is C22H20N4O3. The first kappa shape index (κ1) is 18.4. The minimum atomic E-state index is -0.430. The normalized spacial score (nSPS) is 15.3. The summed E-state index contributed by atoms with van der Waals surface area (Å²) in [6, 6.07) is 17.4. The monoisotopic (exact) mass is 388 g/mol. The average molecular weight is 388 g/mol. The molecule has 0 aliphatic carbocycles. The zero-order chi connectivity index (χ0) is 20.5. The number of nitriles is 1. The molecule has 7 heteroatoms. The Balaban J connectivity index is 1.94. The van der Waals surface area contributed by atoms with Gasteiger partial charge in [0.05, 0.1) is 37.1 Å². The van der Waals surface area contributed by atoms with E-state index in [2.05, 4.69) is 11.2 Å². The number of fused-ring (bicyclic) bond motifs is 1. The first-order valence-electron chi connectivity index (χ1n) is 9.03. The summed E-state index contributed by atoms with van der Waals surface area (Å²) in [5, 5.41) is 14.5. The topological polar surface area (TPSA) is 95.3 Å². The van der Waals surface area contributed by atoms with Gasteiger partial charge in [-0.1, -0.05) is 24.3 Å². The fourth-order valence-electron chi connectivity index (χ4n) is 3.62. The summed E-state index contributed by atoms with van der Waals surface area (Å²) < 4.78 is 18.4. The van der Waals surface area contributed by atoms with Crippen molar-refractivity contribution in [1.82, 2.24) is 9.78 Å². The van der Waals surface area contributed by atoms with E-state index in [1.165, 1.54) is 0 Å². The number of methoxy groups -OCH3 is 2. The number of nitrogens with zero attached hydrogens (tertiary/aromatic N) is 3. The molecule has 0 spiro atoms. The third-order valence-corrected chi connectivity index (χ3v) is 4.97. The molecule has 0 radical (unpaired) electrons. The number of allylic oxidation sites excluding steroid dienone is 1. The van der Waals surface area contributed by atoms with Gasteiger partial charge in [0.25, 0.3) is 0 Å². The second-order valence-corrected chi connectivity index (χ2v) is 6.59. The van der Waals surface area contributed by atoms with Crippen molar-refractivity contribution in [2.75, 3.05) is 14.2 Å². The third kappa shape index (κ3) is 2.95. The number of hydrogen-bond acceptors (Lipinski definition) is 6. The molecule has 2 heterocycles. The first-order valence-corrected chi connectivity index (χ1v) is 9.03. The van der Waals surface area contributed by atoms with Crippen LogP contribution in [-0.2, 0) is 0 Å². The molecule has 0 saturated heterocycles. The van der Waals surface area contributed by atoms with Gasteiger partial charge in [-0.2, -0.15) is 10.4 Å². The van der Waals surface area contributed by atoms with Crippen molar-refractivity contribution < 1.29 is 14.2 Å². The van der Waals surface area contributed by atoms with E-state index in [0.717, 1.165) is 22.5 Å². The van der Waals surface area contributed by atoms with E-state index in [0.29, 0.717) is 23.0 Å². The van der Waals surface area contributed by atoms with Gasteiger partial charge in [0.15, 0.2) is 11.5 Å². The summed E-state index contributed by atoms with van der Waals surface area (Å²) in [5.41, 5.74) is 9.72. The predicted molar refractivity (Wildman–Crippen MR) is 107 cm³/mol. The van der Waals surface area contributed by atoms with Crippen molar-refractivity contribution >= 4 is 0 Å². The zero-order valence-corrected chi connectivity index (χ0v) is 16.3. The average Bonchev–Trinajstić information content (AvgIpc) is 3.08. The van der Waals surface area contributed by atoms with Crippen molar-refractivity contribution in [3.8, 4) is 29.1 Å². The largest absolute Gasteiger partial charge is 0.493 e. The van der Waals surface area contributed by atoms with Crippen LogP contribution in [0.2, 0.25) is 0 Å². The first-order chi connectivity index (χ1) is 14.1. The number of benzene rings is 2. The maximum Gasteiger partial charge on any atom is 0.229 e. The minimum absolute atomic E-state index is 0.0665. The van der Waals surface area contributed by atoms with Gasteiger partial charge in [-0.25, -0.2) is 4.68 Å². The SMILES string of the molecule is COc1ccc([C@@H]2C(C#N)=C(N)Oc3c2c(C)nn3-c2ccccc2)cc1OC. The number of para-hydroxylation sites is 1. The standard InChI is InChI=1S/C22H20N4O3/c1-13-19-20(14-9-10-17(27-2)18(11-14)28-3)16(12-23)21(24)29-22(19)26(25-13)15-7-5-4-6-8-15/h4-11,20H,24H2,1-3H3/t20-/m1/s1. The maximum atomic E-state index is 9.81. The highest BCUT2D eigenvalue weighted by Crippen LogP contribution is 2.46. The van der Waals surface area contributed by atoms with Crippen LogP contribution in [0.25, 0.3) is 5.69 Å². The number of aryl methyl sites for hydroxylation is 1. The van der Waals surface area contributed by atoms with E-state index in [9.17, 15) is 5.26 Å². The maximum absolute atomic E-state index is 9.81. The molecule has 1 aliphatic heterocycles. The Morgan fingerprint density at radius 3 is 2.48 bits per heavy atom. The Morgan fingerprint density at radius 1 is 1.10 bits per heavy atom. The van der Waals surface area contributed by atoms with Gasteiger partial charge in [-0.3, -0.25) is 0 Å². The quantitative estimate of drug-likeness (QED) is 0.736. The van der Waals surface area contributed by atoms with Crippen LogP contribution in [0.1, 0.15) is 22.7 Å². The molecule has 0 saturated carbocycles. The van der Waals surface area contributed by atoms with Gasteiger partial charge >= 0.3 is 0 Å².